The van der Waals surface area contributed by atoms with Crippen molar-refractivity contribution in [2.45, 2.75) is 39.2 Å². The molecule has 0 radical (unpaired) electrons. The number of hydrogen-bond donors (Lipinski definition) is 1. The number of carbonyl (C=O) groups is 1. The van der Waals surface area contributed by atoms with Gasteiger partial charge in [0.15, 0.2) is 0 Å². The SMILES string of the molecule is Cc1cc(C)cc(-n2ncc3c2CCC[C@H]3NC(=O)c2ccccc2)c1. The van der Waals surface area contributed by atoms with Crippen LogP contribution in [0.15, 0.2) is 54.7 Å². The fourth-order valence-electron chi connectivity index (χ4n) is 3.83. The predicted molar refractivity (Wildman–Crippen MR) is 103 cm³/mol. The minimum atomic E-state index is -0.0254. The highest BCUT2D eigenvalue weighted by molar-refractivity contribution is 5.94. The second kappa shape index (κ2) is 6.79. The van der Waals surface area contributed by atoms with E-state index in [9.17, 15) is 4.79 Å². The first-order valence-corrected chi connectivity index (χ1v) is 9.13. The van der Waals surface area contributed by atoms with Gasteiger partial charge in [0.2, 0.25) is 0 Å². The molecule has 132 valence electrons. The summed E-state index contributed by atoms with van der Waals surface area (Å²) in [5, 5.41) is 7.83. The number of hydrogen-bond acceptors (Lipinski definition) is 2. The molecule has 0 aliphatic heterocycles. The second-order valence-electron chi connectivity index (χ2n) is 7.09. The third-order valence-corrected chi connectivity index (χ3v) is 4.98. The number of amides is 1. The van der Waals surface area contributed by atoms with E-state index in [1.807, 2.05) is 41.2 Å². The van der Waals surface area contributed by atoms with Gasteiger partial charge in [-0.1, -0.05) is 24.3 Å². The van der Waals surface area contributed by atoms with E-state index in [1.54, 1.807) is 0 Å². The molecule has 0 unspecified atom stereocenters. The maximum Gasteiger partial charge on any atom is 0.251 e. The Morgan fingerprint density at radius 2 is 1.85 bits per heavy atom. The minimum absolute atomic E-state index is 0.0195. The summed E-state index contributed by atoms with van der Waals surface area (Å²) in [6.07, 6.45) is 4.90. The summed E-state index contributed by atoms with van der Waals surface area (Å²) < 4.78 is 2.04. The topological polar surface area (TPSA) is 46.9 Å². The van der Waals surface area contributed by atoms with Gasteiger partial charge < -0.3 is 5.32 Å². The van der Waals surface area contributed by atoms with Gasteiger partial charge in [0.05, 0.1) is 17.9 Å². The zero-order chi connectivity index (χ0) is 18.1. The summed E-state index contributed by atoms with van der Waals surface area (Å²) in [6, 6.07) is 15.9. The molecule has 1 aliphatic rings. The Bertz CT molecular complexity index is 923. The molecule has 4 rings (SSSR count). The summed E-state index contributed by atoms with van der Waals surface area (Å²) >= 11 is 0. The summed E-state index contributed by atoms with van der Waals surface area (Å²) in [7, 11) is 0. The lowest BCUT2D eigenvalue weighted by atomic mass is 9.92. The van der Waals surface area contributed by atoms with Gasteiger partial charge in [0.25, 0.3) is 5.91 Å². The Labute approximate surface area is 153 Å². The average molecular weight is 345 g/mol. The van der Waals surface area contributed by atoms with E-state index < -0.39 is 0 Å². The first-order chi connectivity index (χ1) is 12.6. The van der Waals surface area contributed by atoms with E-state index in [4.69, 9.17) is 0 Å². The molecule has 1 aromatic heterocycles. The Hall–Kier alpha value is -2.88. The number of rotatable bonds is 3. The van der Waals surface area contributed by atoms with Crippen molar-refractivity contribution in [3.05, 3.63) is 82.7 Å². The number of carbonyl (C=O) groups excluding carboxylic acids is 1. The molecule has 2 aromatic carbocycles. The molecule has 26 heavy (non-hydrogen) atoms. The molecule has 0 fully saturated rings. The number of nitrogens with one attached hydrogen (secondary N) is 1. The lowest BCUT2D eigenvalue weighted by molar-refractivity contribution is 0.0932. The van der Waals surface area contributed by atoms with Gasteiger partial charge in [-0.3, -0.25) is 4.79 Å². The van der Waals surface area contributed by atoms with Crippen LogP contribution in [0.4, 0.5) is 0 Å². The summed E-state index contributed by atoms with van der Waals surface area (Å²) in [5.41, 5.74) is 6.60. The Kier molecular flexibility index (Phi) is 4.33. The first kappa shape index (κ1) is 16.6. The van der Waals surface area contributed by atoms with Gasteiger partial charge >= 0.3 is 0 Å². The molecule has 1 N–H and O–H groups in total. The van der Waals surface area contributed by atoms with E-state index >= 15 is 0 Å². The largest absolute Gasteiger partial charge is 0.345 e. The van der Waals surface area contributed by atoms with Crippen molar-refractivity contribution >= 4 is 5.91 Å². The van der Waals surface area contributed by atoms with Crippen LogP contribution in [0, 0.1) is 13.8 Å². The van der Waals surface area contributed by atoms with Crippen LogP contribution in [-0.4, -0.2) is 15.7 Å². The third kappa shape index (κ3) is 3.15. The van der Waals surface area contributed by atoms with Crippen molar-refractivity contribution in [3.8, 4) is 5.69 Å². The zero-order valence-corrected chi connectivity index (χ0v) is 15.2. The number of aromatic nitrogens is 2. The molecule has 1 amide bonds. The van der Waals surface area contributed by atoms with Crippen molar-refractivity contribution in [1.29, 1.82) is 0 Å². The maximum atomic E-state index is 12.6. The minimum Gasteiger partial charge on any atom is -0.345 e. The smallest absolute Gasteiger partial charge is 0.251 e. The van der Waals surface area contributed by atoms with E-state index in [0.717, 1.165) is 30.5 Å². The lowest BCUT2D eigenvalue weighted by Gasteiger charge is -2.24. The van der Waals surface area contributed by atoms with Crippen molar-refractivity contribution in [3.63, 3.8) is 0 Å². The van der Waals surface area contributed by atoms with Crippen LogP contribution < -0.4 is 5.32 Å². The van der Waals surface area contributed by atoms with Crippen LogP contribution in [0.2, 0.25) is 0 Å². The standard InChI is InChI=1S/C22H23N3O/c1-15-11-16(2)13-18(12-15)25-21-10-6-9-20(19(21)14-23-25)24-22(26)17-7-4-3-5-8-17/h3-5,7-8,11-14,20H,6,9-10H2,1-2H3,(H,24,26)/t20-/m1/s1. The van der Waals surface area contributed by atoms with Gasteiger partial charge in [-0.15, -0.1) is 0 Å². The fraction of sp³-hybridized carbons (Fsp3) is 0.273. The highest BCUT2D eigenvalue weighted by Crippen LogP contribution is 2.31. The highest BCUT2D eigenvalue weighted by Gasteiger charge is 2.26. The van der Waals surface area contributed by atoms with Gasteiger partial charge in [-0.25, -0.2) is 4.68 Å². The Morgan fingerprint density at radius 1 is 1.12 bits per heavy atom. The maximum absolute atomic E-state index is 12.6. The molecule has 1 atom stereocenters. The normalized spacial score (nSPS) is 16.2. The molecule has 4 nitrogen and oxygen atoms in total. The van der Waals surface area contributed by atoms with Gasteiger partial charge in [0.1, 0.15) is 0 Å². The van der Waals surface area contributed by atoms with Crippen molar-refractivity contribution in [2.24, 2.45) is 0 Å². The van der Waals surface area contributed by atoms with E-state index in [0.29, 0.717) is 5.56 Å². The molecule has 1 aliphatic carbocycles. The van der Waals surface area contributed by atoms with Crippen LogP contribution in [0.5, 0.6) is 0 Å². The molecule has 1 heterocycles. The van der Waals surface area contributed by atoms with Crippen LogP contribution in [0.3, 0.4) is 0 Å². The second-order valence-corrected chi connectivity index (χ2v) is 7.09. The number of benzene rings is 2. The zero-order valence-electron chi connectivity index (χ0n) is 15.2. The predicted octanol–water partition coefficient (Wildman–Crippen LogP) is 4.30. The molecule has 0 bridgehead atoms. The Morgan fingerprint density at radius 3 is 2.58 bits per heavy atom. The number of nitrogens with zero attached hydrogens (tertiary/aromatic N) is 2. The number of fused-ring (bicyclic) bond motifs is 1. The molecule has 0 saturated carbocycles. The molecule has 4 heteroatoms. The monoisotopic (exact) mass is 345 g/mol. The third-order valence-electron chi connectivity index (χ3n) is 4.98. The number of aryl methyl sites for hydroxylation is 2. The fourth-order valence-corrected chi connectivity index (χ4v) is 3.83. The molecule has 0 spiro atoms. The van der Waals surface area contributed by atoms with E-state index in [1.165, 1.54) is 16.8 Å². The van der Waals surface area contributed by atoms with Crippen LogP contribution in [-0.2, 0) is 6.42 Å². The first-order valence-electron chi connectivity index (χ1n) is 9.13. The van der Waals surface area contributed by atoms with Crippen LogP contribution in [0.25, 0.3) is 5.69 Å². The Balaban J connectivity index is 1.64. The quantitative estimate of drug-likeness (QED) is 0.769. The molecular weight excluding hydrogens is 322 g/mol. The molecule has 0 saturated heterocycles. The van der Waals surface area contributed by atoms with Crippen molar-refractivity contribution in [1.82, 2.24) is 15.1 Å². The highest BCUT2D eigenvalue weighted by atomic mass is 16.1. The van der Waals surface area contributed by atoms with Gasteiger partial charge in [-0.05, 0) is 68.5 Å². The van der Waals surface area contributed by atoms with Crippen LogP contribution >= 0.6 is 0 Å². The molecular formula is C22H23N3O. The van der Waals surface area contributed by atoms with Crippen molar-refractivity contribution in [2.75, 3.05) is 0 Å². The molecule has 3 aromatic rings. The van der Waals surface area contributed by atoms with Gasteiger partial charge in [0, 0.05) is 16.8 Å². The average Bonchev–Trinajstić information content (AvgIpc) is 3.07. The van der Waals surface area contributed by atoms with E-state index in [-0.39, 0.29) is 11.9 Å². The summed E-state index contributed by atoms with van der Waals surface area (Å²) in [5.74, 6) is -0.0254. The lowest BCUT2D eigenvalue weighted by Crippen LogP contribution is -2.30. The summed E-state index contributed by atoms with van der Waals surface area (Å²) in [6.45, 7) is 4.21. The van der Waals surface area contributed by atoms with Crippen LogP contribution in [0.1, 0.15) is 51.6 Å². The van der Waals surface area contributed by atoms with Gasteiger partial charge in [-0.2, -0.15) is 5.10 Å². The van der Waals surface area contributed by atoms with Crippen molar-refractivity contribution < 1.29 is 4.79 Å². The summed E-state index contributed by atoms with van der Waals surface area (Å²) in [4.78, 5) is 12.6. The van der Waals surface area contributed by atoms with E-state index in [2.05, 4.69) is 42.5 Å².